The van der Waals surface area contributed by atoms with E-state index in [0.717, 1.165) is 5.82 Å². The monoisotopic (exact) mass is 252 g/mol. The number of aliphatic hydroxyl groups is 1. The van der Waals surface area contributed by atoms with Crippen molar-refractivity contribution in [2.24, 2.45) is 7.05 Å². The van der Waals surface area contributed by atoms with Gasteiger partial charge in [0.2, 0.25) is 0 Å². The van der Waals surface area contributed by atoms with Gasteiger partial charge in [0.1, 0.15) is 18.2 Å². The summed E-state index contributed by atoms with van der Waals surface area (Å²) < 4.78 is 7.48. The molecule has 0 amide bonds. The Kier molecular flexibility index (Phi) is 3.66. The highest BCUT2D eigenvalue weighted by atomic mass is 35.5. The normalized spacial score (nSPS) is 10.5. The minimum Gasteiger partial charge on any atom is -0.484 e. The first-order chi connectivity index (χ1) is 8.22. The van der Waals surface area contributed by atoms with Gasteiger partial charge in [-0.15, -0.1) is 0 Å². The van der Waals surface area contributed by atoms with Crippen LogP contribution in [0, 0.1) is 0 Å². The summed E-state index contributed by atoms with van der Waals surface area (Å²) in [7, 11) is 1.89. The van der Waals surface area contributed by atoms with E-state index in [0.29, 0.717) is 22.9 Å². The molecule has 1 heterocycles. The topological polar surface area (TPSA) is 47.3 Å². The maximum absolute atomic E-state index is 9.20. The van der Waals surface area contributed by atoms with Crippen molar-refractivity contribution in [3.8, 4) is 5.75 Å². The first-order valence-electron chi connectivity index (χ1n) is 5.19. The quantitative estimate of drug-likeness (QED) is 0.907. The molecule has 0 radical (unpaired) electrons. The predicted octanol–water partition coefficient (Wildman–Crippen LogP) is 2.14. The number of aliphatic hydroxyl groups excluding tert-OH is 1. The Labute approximate surface area is 104 Å². The van der Waals surface area contributed by atoms with Crippen molar-refractivity contribution in [1.29, 1.82) is 0 Å². The van der Waals surface area contributed by atoms with E-state index in [1.807, 2.05) is 17.8 Å². The minimum absolute atomic E-state index is 0.101. The van der Waals surface area contributed by atoms with E-state index < -0.39 is 0 Å². The van der Waals surface area contributed by atoms with Gasteiger partial charge in [-0.25, -0.2) is 4.98 Å². The standard InChI is InChI=1S/C12H13ClN2O2/c1-15-6-5-14-11(15)8-17-12-9(7-16)3-2-4-10(12)13/h2-6,16H,7-8H2,1H3. The summed E-state index contributed by atoms with van der Waals surface area (Å²) in [6, 6.07) is 5.29. The molecule has 0 atom stereocenters. The van der Waals surface area contributed by atoms with Gasteiger partial charge in [0, 0.05) is 25.0 Å². The highest BCUT2D eigenvalue weighted by Gasteiger charge is 2.09. The van der Waals surface area contributed by atoms with Gasteiger partial charge in [-0.05, 0) is 6.07 Å². The molecule has 1 aromatic carbocycles. The van der Waals surface area contributed by atoms with E-state index >= 15 is 0 Å². The van der Waals surface area contributed by atoms with Crippen LogP contribution in [0.1, 0.15) is 11.4 Å². The van der Waals surface area contributed by atoms with Crippen LogP contribution in [0.5, 0.6) is 5.75 Å². The molecule has 0 aliphatic carbocycles. The van der Waals surface area contributed by atoms with Crippen molar-refractivity contribution in [2.75, 3.05) is 0 Å². The second kappa shape index (κ2) is 5.21. The van der Waals surface area contributed by atoms with E-state index in [2.05, 4.69) is 4.98 Å². The van der Waals surface area contributed by atoms with Gasteiger partial charge in [0.25, 0.3) is 0 Å². The number of halogens is 1. The lowest BCUT2D eigenvalue weighted by Gasteiger charge is -2.11. The molecule has 0 saturated carbocycles. The molecule has 17 heavy (non-hydrogen) atoms. The van der Waals surface area contributed by atoms with E-state index in [4.69, 9.17) is 16.3 Å². The number of ether oxygens (including phenoxy) is 1. The Bertz CT molecular complexity index is 511. The summed E-state index contributed by atoms with van der Waals surface area (Å²) in [6.45, 7) is 0.219. The molecular formula is C12H13ClN2O2. The van der Waals surface area contributed by atoms with Crippen LogP contribution in [-0.2, 0) is 20.3 Å². The molecule has 0 saturated heterocycles. The summed E-state index contributed by atoms with van der Waals surface area (Å²) in [5.41, 5.74) is 0.673. The summed E-state index contributed by atoms with van der Waals surface area (Å²) in [5, 5.41) is 9.69. The number of aromatic nitrogens is 2. The lowest BCUT2D eigenvalue weighted by Crippen LogP contribution is -2.04. The fourth-order valence-electron chi connectivity index (χ4n) is 1.51. The summed E-state index contributed by atoms with van der Waals surface area (Å²) in [5.74, 6) is 1.31. The molecule has 0 spiro atoms. The molecule has 0 aliphatic heterocycles. The third-order valence-electron chi connectivity index (χ3n) is 2.49. The first-order valence-corrected chi connectivity index (χ1v) is 5.57. The fraction of sp³-hybridized carbons (Fsp3) is 0.250. The van der Waals surface area contributed by atoms with Crippen LogP contribution in [0.15, 0.2) is 30.6 Å². The molecule has 0 bridgehead atoms. The first kappa shape index (κ1) is 12.0. The van der Waals surface area contributed by atoms with Gasteiger partial charge < -0.3 is 14.4 Å². The molecular weight excluding hydrogens is 240 g/mol. The van der Waals surface area contributed by atoms with Crippen LogP contribution in [0.25, 0.3) is 0 Å². The van der Waals surface area contributed by atoms with Crippen LogP contribution in [-0.4, -0.2) is 14.7 Å². The molecule has 90 valence electrons. The molecule has 0 fully saturated rings. The number of para-hydroxylation sites is 1. The van der Waals surface area contributed by atoms with Gasteiger partial charge in [0.15, 0.2) is 0 Å². The van der Waals surface area contributed by atoms with Crippen LogP contribution in [0.2, 0.25) is 5.02 Å². The van der Waals surface area contributed by atoms with Crippen molar-refractivity contribution in [1.82, 2.24) is 9.55 Å². The Hall–Kier alpha value is -1.52. The summed E-state index contributed by atoms with van der Waals surface area (Å²) in [6.07, 6.45) is 3.55. The number of hydrogen-bond donors (Lipinski definition) is 1. The summed E-state index contributed by atoms with van der Waals surface area (Å²) in [4.78, 5) is 4.15. The van der Waals surface area contributed by atoms with E-state index in [-0.39, 0.29) is 6.61 Å². The third kappa shape index (κ3) is 2.60. The number of rotatable bonds is 4. The SMILES string of the molecule is Cn1ccnc1COc1c(Cl)cccc1CO. The predicted molar refractivity (Wildman–Crippen MR) is 64.9 cm³/mol. The molecule has 1 aromatic heterocycles. The zero-order valence-corrected chi connectivity index (χ0v) is 10.2. The lowest BCUT2D eigenvalue weighted by atomic mass is 10.2. The Morgan fingerprint density at radius 3 is 2.94 bits per heavy atom. The summed E-state index contributed by atoms with van der Waals surface area (Å²) >= 11 is 6.02. The molecule has 5 heteroatoms. The number of aryl methyl sites for hydroxylation is 1. The second-order valence-corrected chi connectivity index (χ2v) is 4.04. The van der Waals surface area contributed by atoms with Crippen molar-refractivity contribution < 1.29 is 9.84 Å². The minimum atomic E-state index is -0.101. The van der Waals surface area contributed by atoms with Gasteiger partial charge in [-0.3, -0.25) is 0 Å². The highest BCUT2D eigenvalue weighted by Crippen LogP contribution is 2.29. The van der Waals surface area contributed by atoms with Crippen molar-refractivity contribution in [3.63, 3.8) is 0 Å². The average molecular weight is 253 g/mol. The van der Waals surface area contributed by atoms with Gasteiger partial charge in [0.05, 0.1) is 11.6 Å². The number of benzene rings is 1. The number of imidazole rings is 1. The zero-order valence-electron chi connectivity index (χ0n) is 9.43. The fourth-order valence-corrected chi connectivity index (χ4v) is 1.76. The van der Waals surface area contributed by atoms with Crippen LogP contribution in [0.3, 0.4) is 0 Å². The van der Waals surface area contributed by atoms with Gasteiger partial charge in [-0.2, -0.15) is 0 Å². The Morgan fingerprint density at radius 2 is 2.29 bits per heavy atom. The van der Waals surface area contributed by atoms with E-state index in [1.54, 1.807) is 24.4 Å². The number of hydrogen-bond acceptors (Lipinski definition) is 3. The molecule has 1 N–H and O–H groups in total. The van der Waals surface area contributed by atoms with Crippen LogP contribution < -0.4 is 4.74 Å². The molecule has 0 unspecified atom stereocenters. The molecule has 0 aliphatic rings. The smallest absolute Gasteiger partial charge is 0.146 e. The van der Waals surface area contributed by atoms with Crippen molar-refractivity contribution >= 4 is 11.6 Å². The number of nitrogens with zero attached hydrogens (tertiary/aromatic N) is 2. The largest absolute Gasteiger partial charge is 0.484 e. The van der Waals surface area contributed by atoms with Crippen molar-refractivity contribution in [3.05, 3.63) is 47.0 Å². The Morgan fingerprint density at radius 1 is 1.47 bits per heavy atom. The highest BCUT2D eigenvalue weighted by molar-refractivity contribution is 6.32. The second-order valence-electron chi connectivity index (χ2n) is 3.63. The van der Waals surface area contributed by atoms with Gasteiger partial charge in [-0.1, -0.05) is 23.7 Å². The van der Waals surface area contributed by atoms with Gasteiger partial charge >= 0.3 is 0 Å². The van der Waals surface area contributed by atoms with Crippen molar-refractivity contribution in [2.45, 2.75) is 13.2 Å². The van der Waals surface area contributed by atoms with E-state index in [9.17, 15) is 5.11 Å². The van der Waals surface area contributed by atoms with Crippen LogP contribution in [0.4, 0.5) is 0 Å². The lowest BCUT2D eigenvalue weighted by molar-refractivity contribution is 0.254. The average Bonchev–Trinajstić information content (AvgIpc) is 2.73. The van der Waals surface area contributed by atoms with E-state index in [1.165, 1.54) is 0 Å². The van der Waals surface area contributed by atoms with Crippen LogP contribution >= 0.6 is 11.6 Å². The third-order valence-corrected chi connectivity index (χ3v) is 2.78. The maximum atomic E-state index is 9.20. The molecule has 2 rings (SSSR count). The maximum Gasteiger partial charge on any atom is 0.146 e. The Balaban J connectivity index is 2.16. The molecule has 4 nitrogen and oxygen atoms in total. The zero-order chi connectivity index (χ0) is 12.3. The molecule has 2 aromatic rings.